The third kappa shape index (κ3) is 7.54. The van der Waals surface area contributed by atoms with Crippen molar-refractivity contribution in [2.45, 2.75) is 127 Å². The van der Waals surface area contributed by atoms with E-state index in [4.69, 9.17) is 0 Å². The van der Waals surface area contributed by atoms with Crippen molar-refractivity contribution in [3.05, 3.63) is 111 Å². The van der Waals surface area contributed by atoms with E-state index in [9.17, 15) is 0 Å². The van der Waals surface area contributed by atoms with Crippen molar-refractivity contribution in [3.8, 4) is 11.1 Å². The van der Waals surface area contributed by atoms with Crippen molar-refractivity contribution < 1.29 is 0 Å². The second-order valence-electron chi connectivity index (χ2n) is 18.6. The van der Waals surface area contributed by atoms with Crippen LogP contribution in [0.2, 0.25) is 0 Å². The zero-order chi connectivity index (χ0) is 34.5. The van der Waals surface area contributed by atoms with E-state index in [1.165, 1.54) is 99.7 Å². The van der Waals surface area contributed by atoms with E-state index in [1.807, 2.05) is 0 Å². The maximum absolute atomic E-state index is 4.29. The van der Waals surface area contributed by atoms with Crippen LogP contribution >= 0.6 is 0 Å². The van der Waals surface area contributed by atoms with Crippen molar-refractivity contribution in [2.24, 2.45) is 28.6 Å². The molecule has 0 aliphatic heterocycles. The predicted octanol–water partition coefficient (Wildman–Crippen LogP) is 14.0. The largest absolute Gasteiger partial charge is 0.0998 e. The number of rotatable bonds is 6. The van der Waals surface area contributed by atoms with Gasteiger partial charge in [0.15, 0.2) is 0 Å². The second-order valence-corrected chi connectivity index (χ2v) is 18.6. The Morgan fingerprint density at radius 3 is 2.08 bits per heavy atom. The van der Waals surface area contributed by atoms with E-state index in [-0.39, 0.29) is 0 Å². The Kier molecular flexibility index (Phi) is 9.63. The molecule has 2 saturated carbocycles. The summed E-state index contributed by atoms with van der Waals surface area (Å²) in [5.74, 6) is 3.22. The molecule has 48 heavy (non-hydrogen) atoms. The maximum atomic E-state index is 4.29. The van der Waals surface area contributed by atoms with E-state index < -0.39 is 0 Å². The highest BCUT2D eigenvalue weighted by Gasteiger charge is 2.42. The topological polar surface area (TPSA) is 0 Å². The van der Waals surface area contributed by atoms with Gasteiger partial charge in [-0.05, 0) is 168 Å². The number of allylic oxidation sites excluding steroid dienone is 4. The standard InChI is InChI=1S/C43H50.C5H12/c1-26(2)18-38-28(4)19-35-21-34(23-40(35)42(38)32-10-8-27(3)9-11-32)33-16-17-37-29(5)20-39(41(37)22-33)31-14-12-30(13-15-31)36-24-43(6,7)25-36;1-5(2,3)4/h8-11,16-17,19-22,29-31,36H,1,12-15,18,23-25H2,2-7H3;1-4H3. The molecule has 0 bridgehead atoms. The fourth-order valence-corrected chi connectivity index (χ4v) is 9.27. The van der Waals surface area contributed by atoms with Crippen LogP contribution in [-0.2, 0) is 12.8 Å². The highest BCUT2D eigenvalue weighted by molar-refractivity contribution is 5.94. The van der Waals surface area contributed by atoms with E-state index >= 15 is 0 Å². The molecule has 3 aromatic carbocycles. The first-order chi connectivity index (χ1) is 22.6. The van der Waals surface area contributed by atoms with Crippen molar-refractivity contribution >= 4 is 17.2 Å². The van der Waals surface area contributed by atoms with Crippen LogP contribution in [0, 0.1) is 42.4 Å². The van der Waals surface area contributed by atoms with Gasteiger partial charge in [0.05, 0.1) is 0 Å². The summed E-state index contributed by atoms with van der Waals surface area (Å²) < 4.78 is 0. The van der Waals surface area contributed by atoms with Gasteiger partial charge in [-0.1, -0.05) is 121 Å². The van der Waals surface area contributed by atoms with E-state index in [1.54, 1.807) is 11.1 Å². The number of hydrogen-bond acceptors (Lipinski definition) is 0. The third-order valence-corrected chi connectivity index (χ3v) is 11.5. The molecule has 1 atom stereocenters. The summed E-state index contributed by atoms with van der Waals surface area (Å²) in [5.41, 5.74) is 19.7. The Balaban J connectivity index is 0.000000749. The first kappa shape index (κ1) is 34.7. The van der Waals surface area contributed by atoms with Gasteiger partial charge in [-0.2, -0.15) is 0 Å². The minimum atomic E-state index is 0.500. The fraction of sp³-hybridized carbons (Fsp3) is 0.500. The lowest BCUT2D eigenvalue weighted by atomic mass is 9.57. The van der Waals surface area contributed by atoms with Gasteiger partial charge < -0.3 is 0 Å². The van der Waals surface area contributed by atoms with Crippen LogP contribution in [0.15, 0.2) is 66.8 Å². The number of benzene rings is 3. The Hall–Kier alpha value is -3.12. The predicted molar refractivity (Wildman–Crippen MR) is 211 cm³/mol. The number of hydrogen-bond donors (Lipinski definition) is 0. The smallest absolute Gasteiger partial charge is 0.000174 e. The summed E-state index contributed by atoms with van der Waals surface area (Å²) in [6.45, 7) is 27.0. The lowest BCUT2D eigenvalue weighted by molar-refractivity contribution is 0.0307. The van der Waals surface area contributed by atoms with Gasteiger partial charge in [-0.15, -0.1) is 0 Å². The van der Waals surface area contributed by atoms with E-state index in [0.29, 0.717) is 16.7 Å². The lowest BCUT2D eigenvalue weighted by Crippen LogP contribution is -2.37. The molecule has 4 aliphatic rings. The summed E-state index contributed by atoms with van der Waals surface area (Å²) in [6, 6.07) is 19.0. The van der Waals surface area contributed by atoms with Crippen LogP contribution in [0.4, 0.5) is 0 Å². The number of aryl methyl sites for hydroxylation is 2. The summed E-state index contributed by atoms with van der Waals surface area (Å²) in [5, 5.41) is 0. The van der Waals surface area contributed by atoms with E-state index in [0.717, 1.165) is 30.6 Å². The second kappa shape index (κ2) is 13.3. The van der Waals surface area contributed by atoms with E-state index in [2.05, 4.69) is 136 Å². The first-order valence-electron chi connectivity index (χ1n) is 19.0. The molecule has 0 radical (unpaired) electrons. The lowest BCUT2D eigenvalue weighted by Gasteiger charge is -2.48. The molecule has 0 saturated heterocycles. The van der Waals surface area contributed by atoms with Gasteiger partial charge >= 0.3 is 0 Å². The van der Waals surface area contributed by atoms with Crippen LogP contribution in [0.3, 0.4) is 0 Å². The van der Waals surface area contributed by atoms with Crippen LogP contribution < -0.4 is 0 Å². The van der Waals surface area contributed by atoms with Crippen molar-refractivity contribution in [3.63, 3.8) is 0 Å². The van der Waals surface area contributed by atoms with Crippen LogP contribution in [0.5, 0.6) is 0 Å². The molecule has 0 aromatic heterocycles. The van der Waals surface area contributed by atoms with Crippen molar-refractivity contribution in [1.29, 1.82) is 0 Å². The summed E-state index contributed by atoms with van der Waals surface area (Å²) in [4.78, 5) is 0. The fourth-order valence-electron chi connectivity index (χ4n) is 9.27. The van der Waals surface area contributed by atoms with Crippen LogP contribution in [0.25, 0.3) is 28.3 Å². The van der Waals surface area contributed by atoms with Crippen molar-refractivity contribution in [2.75, 3.05) is 0 Å². The van der Waals surface area contributed by atoms with Gasteiger partial charge in [-0.25, -0.2) is 0 Å². The average Bonchev–Trinajstić information content (AvgIpc) is 3.56. The van der Waals surface area contributed by atoms with Crippen LogP contribution in [-0.4, -0.2) is 0 Å². The first-order valence-corrected chi connectivity index (χ1v) is 19.0. The summed E-state index contributed by atoms with van der Waals surface area (Å²) >= 11 is 0. The Morgan fingerprint density at radius 2 is 1.48 bits per heavy atom. The van der Waals surface area contributed by atoms with Gasteiger partial charge in [0.1, 0.15) is 0 Å². The molecular weight excluding hydrogens is 577 g/mol. The Morgan fingerprint density at radius 1 is 0.854 bits per heavy atom. The van der Waals surface area contributed by atoms with Gasteiger partial charge in [-0.3, -0.25) is 0 Å². The quantitative estimate of drug-likeness (QED) is 0.236. The molecule has 2 fully saturated rings. The normalized spacial score (nSPS) is 22.9. The average molecular weight is 639 g/mol. The molecule has 0 amide bonds. The number of fused-ring (bicyclic) bond motifs is 2. The van der Waals surface area contributed by atoms with Gasteiger partial charge in [0.2, 0.25) is 0 Å². The zero-order valence-electron chi connectivity index (χ0n) is 31.9. The molecule has 7 rings (SSSR count). The third-order valence-electron chi connectivity index (χ3n) is 11.5. The Labute approximate surface area is 293 Å². The molecule has 0 N–H and O–H groups in total. The monoisotopic (exact) mass is 638 g/mol. The minimum absolute atomic E-state index is 0.500. The molecule has 4 aliphatic carbocycles. The summed E-state index contributed by atoms with van der Waals surface area (Å²) in [7, 11) is 0. The molecule has 0 heteroatoms. The van der Waals surface area contributed by atoms with Crippen LogP contribution in [0.1, 0.15) is 144 Å². The van der Waals surface area contributed by atoms with Gasteiger partial charge in [0, 0.05) is 5.92 Å². The maximum Gasteiger partial charge on any atom is 0.000174 e. The Bertz CT molecular complexity index is 1720. The van der Waals surface area contributed by atoms with Crippen molar-refractivity contribution in [1.82, 2.24) is 0 Å². The summed E-state index contributed by atoms with van der Waals surface area (Å²) in [6.07, 6.45) is 15.6. The minimum Gasteiger partial charge on any atom is -0.0998 e. The highest BCUT2D eigenvalue weighted by Crippen LogP contribution is 2.54. The molecule has 0 nitrogen and oxygen atoms in total. The molecule has 1 unspecified atom stereocenters. The highest BCUT2D eigenvalue weighted by atomic mass is 14.5. The molecule has 3 aromatic rings. The molecule has 254 valence electrons. The molecular formula is C48H62. The molecule has 0 heterocycles. The zero-order valence-corrected chi connectivity index (χ0v) is 31.9. The van der Waals surface area contributed by atoms with Gasteiger partial charge in [0.25, 0.3) is 0 Å². The SMILES string of the molecule is C=C(C)Cc1c(C)cc2c(c1-c1ccc(C)cc1)CC(c1ccc3c(c1)C(C1CCC(C4CC(C)(C)C4)CC1)=CC3C)=C2.CC(C)(C)C. The molecule has 0 spiro atoms.